The van der Waals surface area contributed by atoms with E-state index in [1.54, 1.807) is 0 Å². The summed E-state index contributed by atoms with van der Waals surface area (Å²) in [4.78, 5) is 16.3. The highest BCUT2D eigenvalue weighted by Gasteiger charge is 2.50. The van der Waals surface area contributed by atoms with Crippen molar-refractivity contribution >= 4 is 47.9 Å². The molecule has 10 nitrogen and oxygen atoms in total. The molecule has 37 heavy (non-hydrogen) atoms. The average Bonchev–Trinajstić information content (AvgIpc) is 3.06. The van der Waals surface area contributed by atoms with Gasteiger partial charge in [-0.05, 0) is 32.0 Å². The number of esters is 1. The molecule has 2 heterocycles. The van der Waals surface area contributed by atoms with Gasteiger partial charge in [-0.3, -0.25) is 0 Å². The number of pyridine rings is 1. The number of hydrogen-bond donors (Lipinski definition) is 0. The van der Waals surface area contributed by atoms with Gasteiger partial charge in [-0.15, -0.1) is 0 Å². The van der Waals surface area contributed by atoms with E-state index in [-0.39, 0.29) is 9.54 Å². The molecule has 1 aromatic carbocycles. The number of halogens is 6. The predicted molar refractivity (Wildman–Crippen MR) is 114 cm³/mol. The minimum absolute atomic E-state index is 0.177. The Morgan fingerprint density at radius 3 is 2.16 bits per heavy atom. The number of fused-ring (bicyclic) bond motifs is 3. The van der Waals surface area contributed by atoms with Crippen molar-refractivity contribution in [3.05, 3.63) is 35.7 Å². The Balaban J connectivity index is 2.49. The van der Waals surface area contributed by atoms with E-state index >= 15 is 0 Å². The molecule has 18 heteroatoms. The molecule has 0 N–H and O–H groups in total. The fourth-order valence-electron chi connectivity index (χ4n) is 3.34. The van der Waals surface area contributed by atoms with Gasteiger partial charge in [0.15, 0.2) is 5.69 Å². The molecule has 0 amide bonds. The smallest absolute Gasteiger partial charge is 0.458 e. The molecule has 0 unspecified atom stereocenters. The van der Waals surface area contributed by atoms with Crippen molar-refractivity contribution < 1.29 is 61.6 Å². The van der Waals surface area contributed by atoms with E-state index in [2.05, 4.69) is 9.17 Å². The summed E-state index contributed by atoms with van der Waals surface area (Å²) in [5.74, 6) is -2.06. The number of nitrogens with zero attached hydrogens (tertiary/aromatic N) is 2. The topological polar surface area (TPSA) is 131 Å². The van der Waals surface area contributed by atoms with Crippen LogP contribution in [-0.4, -0.2) is 56.0 Å². The van der Waals surface area contributed by atoms with Crippen LogP contribution in [0.3, 0.4) is 0 Å². The molecule has 0 saturated carbocycles. The van der Waals surface area contributed by atoms with Crippen molar-refractivity contribution in [1.82, 2.24) is 8.96 Å². The standard InChI is InChI=1S/C19H16F6N2O8S2/c1-9(2)34-17(28)16-12(8-33-3)15-11-6-10(35-37(31,32)19(23,24)25)4-5-13(11)27(14(15)7-26-16)36(29,30)18(20,21)22/h4-7,9H,8H2,1-3H3. The zero-order valence-corrected chi connectivity index (χ0v) is 20.5. The second-order valence-electron chi connectivity index (χ2n) is 7.61. The zero-order valence-electron chi connectivity index (χ0n) is 18.8. The SMILES string of the molecule is COCc1c(C(=O)OC(C)C)ncc2c1c1cc(OS(=O)(=O)C(F)(F)F)ccc1n2S(=O)(=O)C(F)(F)F. The normalized spacial score (nSPS) is 13.5. The Hall–Kier alpha value is -3.12. The van der Waals surface area contributed by atoms with Gasteiger partial charge in [0.05, 0.1) is 29.9 Å². The first-order valence-corrected chi connectivity index (χ1v) is 12.7. The first kappa shape index (κ1) is 28.5. The maximum absolute atomic E-state index is 13.5. The van der Waals surface area contributed by atoms with E-state index in [1.165, 1.54) is 13.8 Å². The molecule has 0 radical (unpaired) electrons. The number of rotatable bonds is 7. The Labute approximate surface area is 204 Å². The Bertz CT molecular complexity index is 1590. The number of carbonyl (C=O) groups is 1. The van der Waals surface area contributed by atoms with Crippen LogP contribution in [0.2, 0.25) is 0 Å². The third-order valence-corrected chi connectivity index (χ3v) is 7.12. The lowest BCUT2D eigenvalue weighted by Gasteiger charge is -2.13. The molecule has 0 saturated heterocycles. The number of benzene rings is 1. The van der Waals surface area contributed by atoms with Crippen LogP contribution in [0, 0.1) is 0 Å². The van der Waals surface area contributed by atoms with E-state index in [4.69, 9.17) is 9.47 Å². The molecule has 3 rings (SSSR count). The van der Waals surface area contributed by atoms with Gasteiger partial charge in [-0.25, -0.2) is 13.8 Å². The lowest BCUT2D eigenvalue weighted by Crippen LogP contribution is -2.29. The molecule has 3 aromatic rings. The largest absolute Gasteiger partial charge is 0.534 e. The summed E-state index contributed by atoms with van der Waals surface area (Å²) in [6, 6.07) is 1.73. The van der Waals surface area contributed by atoms with Gasteiger partial charge in [-0.1, -0.05) is 0 Å². The van der Waals surface area contributed by atoms with Gasteiger partial charge in [0.2, 0.25) is 0 Å². The average molecular weight is 578 g/mol. The van der Waals surface area contributed by atoms with E-state index in [0.717, 1.165) is 7.11 Å². The number of carbonyl (C=O) groups excluding carboxylic acids is 1. The molecular formula is C19H16F6N2O8S2. The van der Waals surface area contributed by atoms with Crippen LogP contribution in [-0.2, 0) is 36.2 Å². The zero-order chi connectivity index (χ0) is 28.1. The lowest BCUT2D eigenvalue weighted by atomic mass is 10.1. The third kappa shape index (κ3) is 5.04. The molecule has 0 bridgehead atoms. The van der Waals surface area contributed by atoms with Crippen molar-refractivity contribution in [2.24, 2.45) is 0 Å². The van der Waals surface area contributed by atoms with E-state index in [0.29, 0.717) is 24.4 Å². The van der Waals surface area contributed by atoms with Gasteiger partial charge >= 0.3 is 37.1 Å². The number of hydrogen-bond acceptors (Lipinski definition) is 9. The predicted octanol–water partition coefficient (Wildman–Crippen LogP) is 3.83. The van der Waals surface area contributed by atoms with Gasteiger partial charge in [0, 0.05) is 23.4 Å². The van der Waals surface area contributed by atoms with Gasteiger partial charge < -0.3 is 13.7 Å². The maximum atomic E-state index is 13.5. The first-order chi connectivity index (χ1) is 16.8. The second-order valence-corrected chi connectivity index (χ2v) is 10.9. The highest BCUT2D eigenvalue weighted by atomic mass is 32.2. The summed E-state index contributed by atoms with van der Waals surface area (Å²) < 4.78 is 141. The first-order valence-electron chi connectivity index (χ1n) is 9.82. The van der Waals surface area contributed by atoms with Crippen LogP contribution in [0.1, 0.15) is 29.9 Å². The van der Waals surface area contributed by atoms with Crippen LogP contribution in [0.15, 0.2) is 24.4 Å². The van der Waals surface area contributed by atoms with Gasteiger partial charge in [0.1, 0.15) is 5.75 Å². The van der Waals surface area contributed by atoms with Crippen molar-refractivity contribution in [2.75, 3.05) is 7.11 Å². The second kappa shape index (κ2) is 9.32. The van der Waals surface area contributed by atoms with Gasteiger partial charge in [-0.2, -0.15) is 43.2 Å². The summed E-state index contributed by atoms with van der Waals surface area (Å²) in [5, 5.41) is -0.920. The molecule has 0 aliphatic heterocycles. The quantitative estimate of drug-likeness (QED) is 0.178. The van der Waals surface area contributed by atoms with Crippen molar-refractivity contribution in [2.45, 2.75) is 37.6 Å². The highest BCUT2D eigenvalue weighted by Crippen LogP contribution is 2.40. The fraction of sp³-hybridized carbons (Fsp3) is 0.368. The molecule has 0 atom stereocenters. The fourth-order valence-corrected chi connectivity index (χ4v) is 4.81. The van der Waals surface area contributed by atoms with Crippen molar-refractivity contribution in [1.29, 1.82) is 0 Å². The highest BCUT2D eigenvalue weighted by molar-refractivity contribution is 7.91. The summed E-state index contributed by atoms with van der Waals surface area (Å²) in [6.07, 6.45) is -0.0401. The minimum atomic E-state index is -6.19. The number of aromatic nitrogens is 2. The third-order valence-electron chi connectivity index (χ3n) is 4.68. The molecule has 2 aromatic heterocycles. The lowest BCUT2D eigenvalue weighted by molar-refractivity contribution is -0.0500. The summed E-state index contributed by atoms with van der Waals surface area (Å²) in [6.45, 7) is 2.43. The number of alkyl halides is 6. The summed E-state index contributed by atoms with van der Waals surface area (Å²) in [5.41, 5.74) is -13.9. The van der Waals surface area contributed by atoms with Crippen LogP contribution < -0.4 is 4.18 Å². The minimum Gasteiger partial charge on any atom is -0.458 e. The molecule has 0 fully saturated rings. The van der Waals surface area contributed by atoms with E-state index in [1.807, 2.05) is 0 Å². The van der Waals surface area contributed by atoms with Crippen LogP contribution >= 0.6 is 0 Å². The molecule has 0 spiro atoms. The summed E-state index contributed by atoms with van der Waals surface area (Å²) in [7, 11) is -11.2. The molecule has 0 aliphatic rings. The maximum Gasteiger partial charge on any atom is 0.534 e. The van der Waals surface area contributed by atoms with Crippen LogP contribution in [0.25, 0.3) is 21.8 Å². The van der Waals surface area contributed by atoms with Crippen molar-refractivity contribution in [3.8, 4) is 5.75 Å². The van der Waals surface area contributed by atoms with Crippen LogP contribution in [0.4, 0.5) is 26.3 Å². The van der Waals surface area contributed by atoms with Crippen molar-refractivity contribution in [3.63, 3.8) is 0 Å². The Morgan fingerprint density at radius 2 is 1.65 bits per heavy atom. The van der Waals surface area contributed by atoms with E-state index in [9.17, 15) is 48.0 Å². The van der Waals surface area contributed by atoms with Gasteiger partial charge in [0.25, 0.3) is 0 Å². The van der Waals surface area contributed by atoms with E-state index < -0.39 is 83.1 Å². The number of ether oxygens (including phenoxy) is 2. The monoisotopic (exact) mass is 578 g/mol. The Kier molecular flexibility index (Phi) is 7.17. The Morgan fingerprint density at radius 1 is 1.03 bits per heavy atom. The molecule has 204 valence electrons. The summed E-state index contributed by atoms with van der Waals surface area (Å²) >= 11 is 0. The molecule has 0 aliphatic carbocycles. The molecular weight excluding hydrogens is 562 g/mol. The number of methoxy groups -OCH3 is 1. The van der Waals surface area contributed by atoms with Crippen LogP contribution in [0.5, 0.6) is 5.75 Å².